The van der Waals surface area contributed by atoms with Crippen LogP contribution in [0.1, 0.15) is 0 Å². The summed E-state index contributed by atoms with van der Waals surface area (Å²) >= 11 is 0. The Kier molecular flexibility index (Phi) is 22.0. The molecule has 0 amide bonds. The van der Waals surface area contributed by atoms with Gasteiger partial charge >= 0.3 is 110 Å². The predicted octanol–water partition coefficient (Wildman–Crippen LogP) is -5.99. The molecule has 0 atom stereocenters. The first kappa shape index (κ1) is 25.0. The molecule has 0 aliphatic rings. The minimum absolute atomic E-state index is 0. The Bertz CT molecular complexity index is 161. The van der Waals surface area contributed by atoms with E-state index in [-0.39, 0.29) is 109 Å². The third-order valence-electron chi connectivity index (χ3n) is 0.267. The summed E-state index contributed by atoms with van der Waals surface area (Å²) in [7, 11) is -4.89. The predicted molar refractivity (Wildman–Crippen MR) is 31.3 cm³/mol. The van der Waals surface area contributed by atoms with Gasteiger partial charge in [-0.3, -0.25) is 4.57 Å². The zero-order chi connectivity index (χ0) is 9.71. The molecule has 4 nitrogen and oxygen atoms in total. The fraction of sp³-hybridized carbons (Fsp3) is 0. The second-order valence-electron chi connectivity index (χ2n) is 1.35. The Labute approximate surface area is 159 Å². The zero-order valence-corrected chi connectivity index (χ0v) is 14.3. The average Bonchev–Trinajstić information content (AvgIpc) is 1.59. The molecule has 0 aromatic rings. The summed E-state index contributed by atoms with van der Waals surface area (Å²) in [6.07, 6.45) is 0. The van der Waals surface area contributed by atoms with Gasteiger partial charge in [0.25, 0.3) is 7.82 Å². The first-order chi connectivity index (χ1) is 4.56. The molecule has 0 aliphatic carbocycles. The maximum atomic E-state index is 10.7. The number of rotatable bonds is 1. The molecule has 2 N–H and O–H groups in total. The Morgan fingerprint density at radius 2 is 1.38 bits per heavy atom. The Balaban J connectivity index is -0.0000000546. The molecule has 0 aromatic carbocycles. The van der Waals surface area contributed by atoms with Crippen LogP contribution in [0.2, 0.25) is 0 Å². The van der Waals surface area contributed by atoms with Crippen LogP contribution in [-0.4, -0.2) is 16.8 Å². The molecule has 0 aromatic heterocycles. The van der Waals surface area contributed by atoms with Gasteiger partial charge in [0, 0.05) is 0 Å². The molecule has 11 heteroatoms. The maximum Gasteiger partial charge on any atom is 1.00 e. The maximum absolute atomic E-state index is 10.7. The van der Waals surface area contributed by atoms with Crippen molar-refractivity contribution in [3.05, 3.63) is 12.6 Å². The molecule has 0 saturated carbocycles. The minimum atomic E-state index is -4.89. The first-order valence-electron chi connectivity index (χ1n) is 2.16. The van der Waals surface area contributed by atoms with E-state index in [1.807, 2.05) is 0 Å². The van der Waals surface area contributed by atoms with Crippen LogP contribution in [0, 0.1) is 0 Å². The average molecular weight is 270 g/mol. The van der Waals surface area contributed by atoms with Gasteiger partial charge < -0.3 is 27.6 Å². The van der Waals surface area contributed by atoms with Crippen molar-refractivity contribution in [1.29, 1.82) is 0 Å². The Morgan fingerprint density at radius 1 is 1.31 bits per heavy atom. The summed E-state index contributed by atoms with van der Waals surface area (Å²) in [5.41, 5.74) is 0. The van der Waals surface area contributed by atoms with Gasteiger partial charge in [-0.1, -0.05) is 0 Å². The molecule has 0 saturated heterocycles. The molecule has 0 fully saturated rings. The fourth-order valence-corrected chi connectivity index (χ4v) is 0. The molecule has 0 bridgehead atoms. The van der Waals surface area contributed by atoms with Crippen molar-refractivity contribution >= 4 is 14.8 Å². The van der Waals surface area contributed by atoms with Crippen molar-refractivity contribution in [1.82, 2.24) is 0 Å². The van der Waals surface area contributed by atoms with Gasteiger partial charge in [-0.05, 0) is 0 Å². The van der Waals surface area contributed by atoms with Crippen molar-refractivity contribution in [2.45, 2.75) is 0 Å². The largest absolute Gasteiger partial charge is 1.00 e. The molecular weight excluding hydrogens is 265 g/mol. The number of hydrogen-bond acceptors (Lipinski definition) is 2. The summed E-state index contributed by atoms with van der Waals surface area (Å²) in [5, 5.41) is 0. The van der Waals surface area contributed by atoms with Crippen LogP contribution in [0.5, 0.6) is 0 Å². The van der Waals surface area contributed by atoms with Gasteiger partial charge in [0.15, 0.2) is 0 Å². The van der Waals surface area contributed by atoms with E-state index in [9.17, 15) is 12.9 Å². The van der Waals surface area contributed by atoms with Crippen LogP contribution < -0.4 is 108 Å². The summed E-state index contributed by atoms with van der Waals surface area (Å²) in [6.45, 7) is -2.19. The third-order valence-corrected chi connectivity index (χ3v) is 0.267. The van der Waals surface area contributed by atoms with Crippen LogP contribution in [0.25, 0.3) is 0 Å². The minimum Gasteiger partial charge on any atom is -0.756 e. The summed E-state index contributed by atoms with van der Waals surface area (Å²) in [5.74, 6) is 0. The van der Waals surface area contributed by atoms with Gasteiger partial charge in [-0.15, -0.1) is 6.58 Å². The van der Waals surface area contributed by atoms with E-state index < -0.39 is 14.8 Å². The molecule has 0 rings (SSSR count). The van der Waals surface area contributed by atoms with Crippen molar-refractivity contribution in [3.8, 4) is 0 Å². The Morgan fingerprint density at radius 3 is 1.38 bits per heavy atom. The van der Waals surface area contributed by atoms with E-state index in [0.29, 0.717) is 0 Å². The van der Waals surface area contributed by atoms with Crippen LogP contribution in [-0.2, 0) is 4.57 Å². The quantitative estimate of drug-likeness (QED) is 0.367. The summed E-state index contributed by atoms with van der Waals surface area (Å²) < 4.78 is 41.0. The summed E-state index contributed by atoms with van der Waals surface area (Å²) in [6, 6.07) is 0. The molecule has 68 valence electrons. The van der Waals surface area contributed by atoms with E-state index >= 15 is 0 Å². The van der Waals surface area contributed by atoms with Gasteiger partial charge in [0.1, 0.15) is 0 Å². The van der Waals surface area contributed by atoms with Crippen molar-refractivity contribution in [2.75, 3.05) is 0 Å². The normalized spacial score (nSPS) is 9.69. The number of phosphoric acid groups is 1. The van der Waals surface area contributed by atoms with Gasteiger partial charge in [-0.2, -0.15) is 5.98 Å². The third kappa shape index (κ3) is 70.6. The van der Waals surface area contributed by atoms with Crippen molar-refractivity contribution in [2.24, 2.45) is 0 Å². The number of halogens is 3. The van der Waals surface area contributed by atoms with Gasteiger partial charge in [0.2, 0.25) is 0 Å². The van der Waals surface area contributed by atoms with Crippen molar-refractivity contribution in [3.63, 3.8) is 0 Å². The standard InChI is InChI=1S/C2H3BF3.2K.H3O4P/c1-2-3(4,5)6;;;1-5(2,3)4/h2H,1H2;;;(H3,1,2,3,4)/q-1;2*+1;/p-1. The van der Waals surface area contributed by atoms with E-state index in [0.717, 1.165) is 0 Å². The molecular formula is C2H5BF3K2O4P. The summed E-state index contributed by atoms with van der Waals surface area (Å²) in [4.78, 5) is 22.9. The molecule has 0 spiro atoms. The van der Waals surface area contributed by atoms with E-state index in [1.165, 1.54) is 0 Å². The molecule has 0 unspecified atom stereocenters. The second-order valence-corrected chi connectivity index (χ2v) is 2.33. The Hall–Kier alpha value is 2.98. The van der Waals surface area contributed by atoms with Gasteiger partial charge in [0.05, 0.1) is 0 Å². The van der Waals surface area contributed by atoms with Crippen LogP contribution in [0.3, 0.4) is 0 Å². The van der Waals surface area contributed by atoms with Crippen LogP contribution >= 0.6 is 7.82 Å². The van der Waals surface area contributed by atoms with E-state index in [4.69, 9.17) is 19.2 Å². The van der Waals surface area contributed by atoms with Crippen LogP contribution in [0.15, 0.2) is 12.6 Å². The zero-order valence-electron chi connectivity index (χ0n) is 7.15. The smallest absolute Gasteiger partial charge is 0.756 e. The van der Waals surface area contributed by atoms with Crippen LogP contribution in [0.4, 0.5) is 12.9 Å². The molecule has 0 radical (unpaired) electrons. The SMILES string of the molecule is C=C[B-](F)(F)F.O=P([O-])(O)O.[K+].[K+]. The molecule has 0 heterocycles. The van der Waals surface area contributed by atoms with Gasteiger partial charge in [-0.25, -0.2) is 0 Å². The second kappa shape index (κ2) is 11.5. The molecule has 13 heavy (non-hydrogen) atoms. The van der Waals surface area contributed by atoms with Crippen molar-refractivity contribution < 1.29 is 135 Å². The fourth-order valence-electron chi connectivity index (χ4n) is 0. The van der Waals surface area contributed by atoms with E-state index in [2.05, 4.69) is 6.58 Å². The topological polar surface area (TPSA) is 80.6 Å². The molecule has 0 aliphatic heterocycles. The monoisotopic (exact) mass is 270 g/mol. The first-order valence-corrected chi connectivity index (χ1v) is 3.69. The number of hydrogen-bond donors (Lipinski definition) is 2. The van der Waals surface area contributed by atoms with E-state index in [1.54, 1.807) is 0 Å².